The molecule has 0 aliphatic rings. The van der Waals surface area contributed by atoms with Crippen molar-refractivity contribution in [3.05, 3.63) is 117 Å². The van der Waals surface area contributed by atoms with E-state index in [1.165, 1.54) is 14.2 Å². The van der Waals surface area contributed by atoms with Crippen LogP contribution in [0.2, 0.25) is 0 Å². The average molecular weight is 718 g/mol. The molecule has 272 valence electrons. The Bertz CT molecular complexity index is 2260. The third kappa shape index (κ3) is 7.10. The molecule has 0 unspecified atom stereocenters. The number of esters is 1. The minimum Gasteiger partial charge on any atom is -0.497 e. The predicted molar refractivity (Wildman–Crippen MR) is 203 cm³/mol. The fraction of sp³-hybridized carbons (Fsp3) is 0.238. The van der Waals surface area contributed by atoms with Crippen LogP contribution in [0, 0.1) is 5.41 Å². The number of ether oxygens (including phenoxy) is 5. The zero-order valence-corrected chi connectivity index (χ0v) is 30.1. The molecule has 0 aliphatic carbocycles. The Hall–Kier alpha value is -6.36. The van der Waals surface area contributed by atoms with Crippen molar-refractivity contribution in [1.29, 1.82) is 0 Å². The highest BCUT2D eigenvalue weighted by molar-refractivity contribution is 5.87. The summed E-state index contributed by atoms with van der Waals surface area (Å²) in [6.45, 7) is 5.32. The minimum atomic E-state index is -1.58. The van der Waals surface area contributed by atoms with Gasteiger partial charge in [-0.15, -0.1) is 0 Å². The fourth-order valence-corrected chi connectivity index (χ4v) is 6.54. The van der Waals surface area contributed by atoms with E-state index in [0.29, 0.717) is 44.9 Å². The molecular weight excluding hydrogens is 678 g/mol. The number of hydrogen-bond donors (Lipinski definition) is 0. The Morgan fingerprint density at radius 1 is 0.642 bits per heavy atom. The summed E-state index contributed by atoms with van der Waals surface area (Å²) >= 11 is 0. The first-order chi connectivity index (χ1) is 25.7. The summed E-state index contributed by atoms with van der Waals surface area (Å²) < 4.78 is 40.4. The lowest BCUT2D eigenvalue weighted by Crippen LogP contribution is -2.41. The molecule has 0 fully saturated rings. The molecule has 0 amide bonds. The van der Waals surface area contributed by atoms with E-state index in [4.69, 9.17) is 32.5 Å². The van der Waals surface area contributed by atoms with Gasteiger partial charge in [-0.1, -0.05) is 24.3 Å². The van der Waals surface area contributed by atoms with Crippen LogP contribution in [0.1, 0.15) is 18.4 Å². The molecule has 0 N–H and O–H groups in total. The zero-order chi connectivity index (χ0) is 37.7. The van der Waals surface area contributed by atoms with E-state index >= 15 is 0 Å². The Labute approximate surface area is 305 Å². The van der Waals surface area contributed by atoms with Crippen LogP contribution in [0.15, 0.2) is 108 Å². The monoisotopic (exact) mass is 717 g/mol. The lowest BCUT2D eigenvalue weighted by atomic mass is 9.76. The van der Waals surface area contributed by atoms with Crippen molar-refractivity contribution in [2.24, 2.45) is 10.4 Å². The average Bonchev–Trinajstić information content (AvgIpc) is 3.18. The normalized spacial score (nSPS) is 11.3. The van der Waals surface area contributed by atoms with Gasteiger partial charge in [-0.25, -0.2) is 0 Å². The summed E-state index contributed by atoms with van der Waals surface area (Å²) in [4.78, 5) is 47.4. The number of benzene rings is 4. The molecule has 0 aliphatic heterocycles. The van der Waals surface area contributed by atoms with Crippen molar-refractivity contribution in [3.63, 3.8) is 0 Å². The first-order valence-corrected chi connectivity index (χ1v) is 16.8. The van der Waals surface area contributed by atoms with Crippen molar-refractivity contribution >= 4 is 34.6 Å². The van der Waals surface area contributed by atoms with E-state index in [1.807, 2.05) is 0 Å². The summed E-state index contributed by atoms with van der Waals surface area (Å²) in [5.41, 5.74) is -0.136. The Kier molecular flexibility index (Phi) is 10.6. The van der Waals surface area contributed by atoms with Gasteiger partial charge in [0.15, 0.2) is 0 Å². The maximum absolute atomic E-state index is 14.4. The number of carbonyl (C=O) groups excluding carboxylic acids is 1. The van der Waals surface area contributed by atoms with Gasteiger partial charge < -0.3 is 32.5 Å². The zero-order valence-electron chi connectivity index (χ0n) is 30.1. The Morgan fingerprint density at radius 3 is 1.40 bits per heavy atom. The van der Waals surface area contributed by atoms with E-state index in [-0.39, 0.29) is 70.7 Å². The van der Waals surface area contributed by atoms with Crippen molar-refractivity contribution in [3.8, 4) is 45.3 Å². The maximum atomic E-state index is 14.4. The molecule has 0 radical (unpaired) electrons. The maximum Gasteiger partial charge on any atom is 0.314 e. The van der Waals surface area contributed by atoms with E-state index in [1.54, 1.807) is 106 Å². The van der Waals surface area contributed by atoms with E-state index in [0.717, 1.165) is 0 Å². The summed E-state index contributed by atoms with van der Waals surface area (Å²) in [6, 6.07) is 23.8. The van der Waals surface area contributed by atoms with Gasteiger partial charge in [-0.3, -0.25) is 19.4 Å². The van der Waals surface area contributed by atoms with Crippen LogP contribution < -0.4 is 29.8 Å². The van der Waals surface area contributed by atoms with Gasteiger partial charge in [0.25, 0.3) is 0 Å². The van der Waals surface area contributed by atoms with E-state index in [9.17, 15) is 14.4 Å². The van der Waals surface area contributed by atoms with Crippen LogP contribution in [0.3, 0.4) is 0 Å². The number of aliphatic imine (C=N–C) groups is 1. The van der Waals surface area contributed by atoms with E-state index < -0.39 is 11.4 Å². The Balaban J connectivity index is 1.63. The molecule has 4 aromatic carbocycles. The second kappa shape index (κ2) is 15.5. The Morgan fingerprint density at radius 2 is 1.04 bits per heavy atom. The highest BCUT2D eigenvalue weighted by Crippen LogP contribution is 2.39. The molecule has 11 nitrogen and oxygen atoms in total. The summed E-state index contributed by atoms with van der Waals surface area (Å²) in [7, 11) is 6.13. The molecule has 0 saturated carbocycles. The SMILES string of the molecule is C=NCC(Cc1oc2cc(OC)ccc2c(=O)c1-c1ccc(OC)cc1)(Cc1oc2cc(OC)ccc2c(=O)c1-c1ccc(OC)cc1)C(=O)OCC. The predicted octanol–water partition coefficient (Wildman–Crippen LogP) is 7.30. The molecule has 6 rings (SSSR count). The van der Waals surface area contributed by atoms with Gasteiger partial charge in [0.1, 0.15) is 51.1 Å². The number of rotatable bonds is 14. The molecule has 0 saturated heterocycles. The third-order valence-electron chi connectivity index (χ3n) is 9.22. The van der Waals surface area contributed by atoms with Crippen LogP contribution in [0.5, 0.6) is 23.0 Å². The lowest BCUT2D eigenvalue weighted by Gasteiger charge is -2.30. The van der Waals surface area contributed by atoms with Gasteiger partial charge in [0.2, 0.25) is 10.9 Å². The number of hydrogen-bond acceptors (Lipinski definition) is 11. The number of fused-ring (bicyclic) bond motifs is 2. The fourth-order valence-electron chi connectivity index (χ4n) is 6.54. The highest BCUT2D eigenvalue weighted by Gasteiger charge is 2.44. The smallest absolute Gasteiger partial charge is 0.314 e. The van der Waals surface area contributed by atoms with Crippen LogP contribution >= 0.6 is 0 Å². The quantitative estimate of drug-likeness (QED) is 0.0834. The standard InChI is InChI=1S/C42H39NO10/c1-7-51-41(46)42(24-43-2,22-35-37(25-8-12-27(47-3)13-9-25)39(44)31-18-16-29(49-5)20-33(31)52-35)23-36-38(26-10-14-28(48-4)15-11-26)40(45)32-19-17-30(50-6)21-34(32)53-36/h8-21H,2,7,22-24H2,1,3-6H3. The first kappa shape index (κ1) is 36.4. The third-order valence-corrected chi connectivity index (χ3v) is 9.22. The van der Waals surface area contributed by atoms with Crippen LogP contribution in [-0.2, 0) is 22.4 Å². The molecule has 0 spiro atoms. The summed E-state index contributed by atoms with van der Waals surface area (Å²) in [5, 5.41) is 0.639. The minimum absolute atomic E-state index is 0.0478. The van der Waals surface area contributed by atoms with Crippen molar-refractivity contribution in [2.45, 2.75) is 19.8 Å². The van der Waals surface area contributed by atoms with Gasteiger partial charge in [0, 0.05) is 25.0 Å². The van der Waals surface area contributed by atoms with Crippen LogP contribution in [0.25, 0.3) is 44.2 Å². The largest absolute Gasteiger partial charge is 0.497 e. The molecule has 53 heavy (non-hydrogen) atoms. The summed E-state index contributed by atoms with van der Waals surface area (Å²) in [6.07, 6.45) is -0.368. The van der Waals surface area contributed by atoms with Crippen LogP contribution in [0.4, 0.5) is 0 Å². The lowest BCUT2D eigenvalue weighted by molar-refractivity contribution is -0.155. The summed E-state index contributed by atoms with van der Waals surface area (Å²) in [5.74, 6) is 1.88. The first-order valence-electron chi connectivity index (χ1n) is 16.8. The second-order valence-corrected chi connectivity index (χ2v) is 12.4. The van der Waals surface area contributed by atoms with Crippen LogP contribution in [-0.4, -0.2) is 54.3 Å². The molecular formula is C42H39NO10. The topological polar surface area (TPSA) is 136 Å². The number of methoxy groups -OCH3 is 4. The molecule has 2 aromatic heterocycles. The number of carbonyl (C=O) groups is 1. The number of nitrogens with zero attached hydrogens (tertiary/aromatic N) is 1. The van der Waals surface area contributed by atoms with Crippen molar-refractivity contribution in [2.75, 3.05) is 41.6 Å². The van der Waals surface area contributed by atoms with Gasteiger partial charge in [0.05, 0.1) is 63.5 Å². The molecule has 11 heteroatoms. The van der Waals surface area contributed by atoms with Crippen molar-refractivity contribution < 1.29 is 37.3 Å². The van der Waals surface area contributed by atoms with E-state index in [2.05, 4.69) is 11.7 Å². The molecule has 0 atom stereocenters. The van der Waals surface area contributed by atoms with Gasteiger partial charge in [-0.05, 0) is 73.3 Å². The van der Waals surface area contributed by atoms with Crippen molar-refractivity contribution in [1.82, 2.24) is 0 Å². The van der Waals surface area contributed by atoms with Gasteiger partial charge in [-0.2, -0.15) is 0 Å². The molecule has 2 heterocycles. The molecule has 6 aromatic rings. The molecule has 0 bridgehead atoms. The second-order valence-electron chi connectivity index (χ2n) is 12.4. The van der Waals surface area contributed by atoms with Gasteiger partial charge >= 0.3 is 5.97 Å². The highest BCUT2D eigenvalue weighted by atomic mass is 16.5.